The van der Waals surface area contributed by atoms with Gasteiger partial charge in [0.1, 0.15) is 6.04 Å². The molecular weight excluding hydrogens is 228 g/mol. The van der Waals surface area contributed by atoms with Gasteiger partial charge in [0, 0.05) is 11.3 Å². The summed E-state index contributed by atoms with van der Waals surface area (Å²) in [5, 5.41) is 9.56. The number of carbonyl (C=O) groups is 1. The summed E-state index contributed by atoms with van der Waals surface area (Å²) in [7, 11) is 0. The number of nitrogens with one attached hydrogen (secondary N) is 2. The van der Waals surface area contributed by atoms with Crippen molar-refractivity contribution in [2.24, 2.45) is 5.73 Å². The van der Waals surface area contributed by atoms with Crippen LogP contribution in [0.5, 0.6) is 0 Å². The van der Waals surface area contributed by atoms with Gasteiger partial charge < -0.3 is 11.1 Å². The summed E-state index contributed by atoms with van der Waals surface area (Å²) < 4.78 is 0. The van der Waals surface area contributed by atoms with E-state index in [9.17, 15) is 4.79 Å². The lowest BCUT2D eigenvalue weighted by Crippen LogP contribution is -2.28. The van der Waals surface area contributed by atoms with E-state index in [1.54, 1.807) is 0 Å². The maximum atomic E-state index is 12.0. The highest BCUT2D eigenvalue weighted by atomic mass is 16.2. The Morgan fingerprint density at radius 1 is 1.33 bits per heavy atom. The number of anilines is 1. The molecule has 1 aromatic heterocycles. The molecule has 0 bridgehead atoms. The maximum Gasteiger partial charge on any atom is 0.247 e. The zero-order valence-electron chi connectivity index (χ0n) is 10.4. The highest BCUT2D eigenvalue weighted by Crippen LogP contribution is 2.16. The number of rotatable bonds is 3. The molecule has 1 heterocycles. The monoisotopic (exact) mass is 244 g/mol. The number of hydrogen-bond acceptors (Lipinski definition) is 3. The number of nitrogens with two attached hydrogens (primary N) is 1. The Morgan fingerprint density at radius 3 is 2.56 bits per heavy atom. The first kappa shape index (κ1) is 12.3. The SMILES string of the molecule is Cc1[nH]nc(NC(=O)C(N)c2ccccc2)c1C. The number of nitrogens with zero attached hydrogens (tertiary/aromatic N) is 1. The lowest BCUT2D eigenvalue weighted by molar-refractivity contribution is -0.117. The predicted molar refractivity (Wildman–Crippen MR) is 70.1 cm³/mol. The van der Waals surface area contributed by atoms with Crippen LogP contribution in [0.25, 0.3) is 0 Å². The number of aryl methyl sites for hydroxylation is 1. The number of H-pyrrole nitrogens is 1. The molecule has 18 heavy (non-hydrogen) atoms. The zero-order chi connectivity index (χ0) is 13.1. The number of amides is 1. The Hall–Kier alpha value is -2.14. The first-order valence-electron chi connectivity index (χ1n) is 5.72. The second kappa shape index (κ2) is 5.01. The minimum atomic E-state index is -0.692. The average Bonchev–Trinajstić information content (AvgIpc) is 2.71. The molecule has 1 atom stereocenters. The van der Waals surface area contributed by atoms with Gasteiger partial charge in [0.25, 0.3) is 0 Å². The van der Waals surface area contributed by atoms with Gasteiger partial charge in [-0.15, -0.1) is 0 Å². The van der Waals surface area contributed by atoms with Gasteiger partial charge in [-0.1, -0.05) is 30.3 Å². The van der Waals surface area contributed by atoms with Crippen LogP contribution in [0.2, 0.25) is 0 Å². The molecule has 0 aliphatic heterocycles. The van der Waals surface area contributed by atoms with Gasteiger partial charge in [-0.2, -0.15) is 5.10 Å². The summed E-state index contributed by atoms with van der Waals surface area (Å²) >= 11 is 0. The van der Waals surface area contributed by atoms with Gasteiger partial charge in [-0.3, -0.25) is 9.89 Å². The first-order valence-corrected chi connectivity index (χ1v) is 5.72. The zero-order valence-corrected chi connectivity index (χ0v) is 10.4. The smallest absolute Gasteiger partial charge is 0.247 e. The van der Waals surface area contributed by atoms with Gasteiger partial charge in [0.15, 0.2) is 5.82 Å². The van der Waals surface area contributed by atoms with Crippen molar-refractivity contribution < 1.29 is 4.79 Å². The molecule has 1 unspecified atom stereocenters. The quantitative estimate of drug-likeness (QED) is 0.767. The van der Waals surface area contributed by atoms with Gasteiger partial charge in [0.2, 0.25) is 5.91 Å². The van der Waals surface area contributed by atoms with Crippen LogP contribution >= 0.6 is 0 Å². The highest BCUT2D eigenvalue weighted by Gasteiger charge is 2.17. The summed E-state index contributed by atoms with van der Waals surface area (Å²) in [6.07, 6.45) is 0. The summed E-state index contributed by atoms with van der Waals surface area (Å²) in [6, 6.07) is 8.55. The van der Waals surface area contributed by atoms with Gasteiger partial charge in [-0.05, 0) is 19.4 Å². The molecule has 5 heteroatoms. The van der Waals surface area contributed by atoms with Crippen LogP contribution in [0, 0.1) is 13.8 Å². The van der Waals surface area contributed by atoms with Crippen LogP contribution in [0.1, 0.15) is 22.9 Å². The molecule has 2 rings (SSSR count). The Balaban J connectivity index is 2.11. The minimum absolute atomic E-state index is 0.268. The van der Waals surface area contributed by atoms with Crippen LogP contribution in [0.3, 0.4) is 0 Å². The van der Waals surface area contributed by atoms with E-state index >= 15 is 0 Å². The van der Waals surface area contributed by atoms with E-state index in [1.165, 1.54) is 0 Å². The third kappa shape index (κ3) is 2.41. The molecule has 0 spiro atoms. The number of aromatic amines is 1. The normalized spacial score (nSPS) is 12.2. The van der Waals surface area contributed by atoms with Gasteiger partial charge in [-0.25, -0.2) is 0 Å². The fourth-order valence-corrected chi connectivity index (χ4v) is 1.61. The average molecular weight is 244 g/mol. The van der Waals surface area contributed by atoms with Crippen molar-refractivity contribution in [2.75, 3.05) is 5.32 Å². The Labute approximate surface area is 105 Å². The molecule has 0 aliphatic rings. The van der Waals surface area contributed by atoms with E-state index < -0.39 is 6.04 Å². The Morgan fingerprint density at radius 2 is 2.00 bits per heavy atom. The third-order valence-electron chi connectivity index (χ3n) is 2.94. The van der Waals surface area contributed by atoms with Gasteiger partial charge >= 0.3 is 0 Å². The summed E-state index contributed by atoms with van der Waals surface area (Å²) in [5.41, 5.74) is 8.52. The molecule has 1 amide bonds. The van der Waals surface area contributed by atoms with Crippen molar-refractivity contribution in [3.8, 4) is 0 Å². The minimum Gasteiger partial charge on any atom is -0.316 e. The number of carbonyl (C=O) groups excluding carboxylic acids is 1. The molecule has 1 aromatic carbocycles. The predicted octanol–water partition coefficient (Wildman–Crippen LogP) is 1.67. The standard InChI is InChI=1S/C13H16N4O/c1-8-9(2)16-17-12(8)15-13(18)11(14)10-6-4-3-5-7-10/h3-7,11H,14H2,1-2H3,(H2,15,16,17,18). The van der Waals surface area contributed by atoms with Crippen LogP contribution in [0.4, 0.5) is 5.82 Å². The van der Waals surface area contributed by atoms with E-state index in [4.69, 9.17) is 5.73 Å². The largest absolute Gasteiger partial charge is 0.316 e. The topological polar surface area (TPSA) is 83.8 Å². The van der Waals surface area contributed by atoms with E-state index in [0.29, 0.717) is 5.82 Å². The lowest BCUT2D eigenvalue weighted by Gasteiger charge is -2.11. The summed E-state index contributed by atoms with van der Waals surface area (Å²) in [6.45, 7) is 3.79. The molecule has 0 fully saturated rings. The van der Waals surface area contributed by atoms with Crippen molar-refractivity contribution in [1.82, 2.24) is 10.2 Å². The Bertz CT molecular complexity index is 547. The lowest BCUT2D eigenvalue weighted by atomic mass is 10.1. The highest BCUT2D eigenvalue weighted by molar-refractivity contribution is 5.95. The van der Waals surface area contributed by atoms with Crippen molar-refractivity contribution in [3.63, 3.8) is 0 Å². The molecule has 94 valence electrons. The summed E-state index contributed by atoms with van der Waals surface area (Å²) in [5.74, 6) is 0.264. The van der Waals surface area contributed by atoms with Crippen molar-refractivity contribution in [1.29, 1.82) is 0 Å². The number of aromatic nitrogens is 2. The van der Waals surface area contributed by atoms with Crippen molar-refractivity contribution >= 4 is 11.7 Å². The molecule has 5 nitrogen and oxygen atoms in total. The maximum absolute atomic E-state index is 12.0. The summed E-state index contributed by atoms with van der Waals surface area (Å²) in [4.78, 5) is 12.0. The van der Waals surface area contributed by atoms with E-state index in [1.807, 2.05) is 44.2 Å². The van der Waals surface area contributed by atoms with Crippen LogP contribution in [0.15, 0.2) is 30.3 Å². The molecule has 2 aromatic rings. The van der Waals surface area contributed by atoms with Crippen LogP contribution < -0.4 is 11.1 Å². The second-order valence-electron chi connectivity index (χ2n) is 4.20. The fraction of sp³-hybridized carbons (Fsp3) is 0.231. The Kier molecular flexibility index (Phi) is 3.43. The molecule has 0 saturated carbocycles. The molecular formula is C13H16N4O. The number of hydrogen-bond donors (Lipinski definition) is 3. The van der Waals surface area contributed by atoms with E-state index in [0.717, 1.165) is 16.8 Å². The van der Waals surface area contributed by atoms with E-state index in [-0.39, 0.29) is 5.91 Å². The molecule has 0 radical (unpaired) electrons. The van der Waals surface area contributed by atoms with Crippen LogP contribution in [-0.4, -0.2) is 16.1 Å². The van der Waals surface area contributed by atoms with Crippen molar-refractivity contribution in [3.05, 3.63) is 47.2 Å². The second-order valence-corrected chi connectivity index (χ2v) is 4.20. The first-order chi connectivity index (χ1) is 8.59. The fourth-order valence-electron chi connectivity index (χ4n) is 1.61. The number of benzene rings is 1. The molecule has 4 N–H and O–H groups in total. The van der Waals surface area contributed by atoms with Crippen molar-refractivity contribution in [2.45, 2.75) is 19.9 Å². The molecule has 0 saturated heterocycles. The molecule has 0 aliphatic carbocycles. The van der Waals surface area contributed by atoms with E-state index in [2.05, 4.69) is 15.5 Å². The third-order valence-corrected chi connectivity index (χ3v) is 2.94. The van der Waals surface area contributed by atoms with Gasteiger partial charge in [0.05, 0.1) is 0 Å². The van der Waals surface area contributed by atoms with Crippen LogP contribution in [-0.2, 0) is 4.79 Å².